The van der Waals surface area contributed by atoms with E-state index >= 15 is 0 Å². The lowest BCUT2D eigenvalue weighted by Gasteiger charge is -2.31. The van der Waals surface area contributed by atoms with E-state index in [1.54, 1.807) is 0 Å². The average Bonchev–Trinajstić information content (AvgIpc) is 2.92. The Bertz CT molecular complexity index is 289. The second-order valence-corrected chi connectivity index (χ2v) is 7.63. The summed E-state index contributed by atoms with van der Waals surface area (Å²) in [5, 5.41) is 13.6. The molecule has 2 rings (SSSR count). The minimum Gasteiger partial charge on any atom is -0.389 e. The average molecular weight is 297 g/mol. The van der Waals surface area contributed by atoms with Crippen molar-refractivity contribution >= 4 is 0 Å². The Balaban J connectivity index is 1.59. The van der Waals surface area contributed by atoms with Crippen LogP contribution < -0.4 is 5.32 Å². The van der Waals surface area contributed by atoms with Crippen molar-refractivity contribution in [2.45, 2.75) is 83.8 Å². The normalized spacial score (nSPS) is 30.4. The summed E-state index contributed by atoms with van der Waals surface area (Å²) >= 11 is 0. The van der Waals surface area contributed by atoms with Gasteiger partial charge in [-0.05, 0) is 37.0 Å². The molecule has 0 radical (unpaired) electrons. The lowest BCUT2D eigenvalue weighted by molar-refractivity contribution is -0.0502. The first-order valence-electron chi connectivity index (χ1n) is 9.13. The lowest BCUT2D eigenvalue weighted by atomic mass is 9.85. The Kier molecular flexibility index (Phi) is 6.97. The molecule has 0 aromatic carbocycles. The van der Waals surface area contributed by atoms with Gasteiger partial charge in [-0.1, -0.05) is 46.0 Å². The summed E-state index contributed by atoms with van der Waals surface area (Å²) in [4.78, 5) is 0. The molecule has 3 unspecified atom stereocenters. The van der Waals surface area contributed by atoms with Crippen LogP contribution in [-0.2, 0) is 4.74 Å². The molecule has 21 heavy (non-hydrogen) atoms. The van der Waals surface area contributed by atoms with Crippen molar-refractivity contribution in [3.63, 3.8) is 0 Å². The van der Waals surface area contributed by atoms with Crippen LogP contribution >= 0.6 is 0 Å². The van der Waals surface area contributed by atoms with Crippen LogP contribution in [0.5, 0.6) is 0 Å². The molecule has 0 saturated heterocycles. The molecule has 2 fully saturated rings. The van der Waals surface area contributed by atoms with Gasteiger partial charge in [-0.2, -0.15) is 0 Å². The first kappa shape index (κ1) is 17.2. The number of aliphatic hydroxyl groups excluding tert-OH is 1. The molecule has 2 aliphatic carbocycles. The molecule has 0 heterocycles. The molecule has 3 atom stereocenters. The van der Waals surface area contributed by atoms with Crippen LogP contribution in [0.3, 0.4) is 0 Å². The van der Waals surface area contributed by atoms with Gasteiger partial charge in [-0.25, -0.2) is 0 Å². The Morgan fingerprint density at radius 1 is 1.19 bits per heavy atom. The van der Waals surface area contributed by atoms with E-state index in [0.717, 1.165) is 6.54 Å². The second-order valence-electron chi connectivity index (χ2n) is 7.63. The van der Waals surface area contributed by atoms with E-state index in [-0.39, 0.29) is 6.10 Å². The van der Waals surface area contributed by atoms with Crippen LogP contribution in [0, 0.1) is 11.3 Å². The summed E-state index contributed by atoms with van der Waals surface area (Å²) in [6, 6.07) is 0. The third kappa shape index (κ3) is 5.54. The highest BCUT2D eigenvalue weighted by atomic mass is 16.5. The maximum absolute atomic E-state index is 10.1. The summed E-state index contributed by atoms with van der Waals surface area (Å²) in [7, 11) is 0. The van der Waals surface area contributed by atoms with Crippen LogP contribution in [0.15, 0.2) is 0 Å². The predicted molar refractivity (Wildman–Crippen MR) is 87.4 cm³/mol. The molecule has 2 aliphatic rings. The SMILES string of the molecule is CCC1CCCCC1OCC(O)CNCC1(C)CCCC1. The van der Waals surface area contributed by atoms with E-state index in [0.29, 0.717) is 30.6 Å². The summed E-state index contributed by atoms with van der Waals surface area (Å²) in [6.45, 7) is 6.81. The third-order valence-electron chi connectivity index (χ3n) is 5.61. The number of nitrogens with one attached hydrogen (secondary N) is 1. The zero-order chi connectivity index (χ0) is 15.1. The molecule has 0 bridgehead atoms. The van der Waals surface area contributed by atoms with Gasteiger partial charge in [0.05, 0.1) is 18.8 Å². The van der Waals surface area contributed by atoms with E-state index in [1.807, 2.05) is 0 Å². The van der Waals surface area contributed by atoms with Gasteiger partial charge in [0, 0.05) is 13.1 Å². The molecule has 3 nitrogen and oxygen atoms in total. The first-order valence-corrected chi connectivity index (χ1v) is 9.13. The molecular formula is C18H35NO2. The van der Waals surface area contributed by atoms with Gasteiger partial charge in [0.15, 0.2) is 0 Å². The minimum atomic E-state index is -0.366. The van der Waals surface area contributed by atoms with Gasteiger partial charge in [0.1, 0.15) is 0 Å². The van der Waals surface area contributed by atoms with Gasteiger partial charge in [-0.15, -0.1) is 0 Å². The molecule has 0 amide bonds. The van der Waals surface area contributed by atoms with Crippen molar-refractivity contribution in [3.8, 4) is 0 Å². The quantitative estimate of drug-likeness (QED) is 0.720. The summed E-state index contributed by atoms with van der Waals surface area (Å²) < 4.78 is 6.01. The maximum Gasteiger partial charge on any atom is 0.0897 e. The van der Waals surface area contributed by atoms with E-state index in [2.05, 4.69) is 19.2 Å². The van der Waals surface area contributed by atoms with Crippen molar-refractivity contribution in [2.75, 3.05) is 19.7 Å². The van der Waals surface area contributed by atoms with Gasteiger partial charge in [-0.3, -0.25) is 0 Å². The summed E-state index contributed by atoms with van der Waals surface area (Å²) in [5.41, 5.74) is 0.456. The molecule has 2 saturated carbocycles. The van der Waals surface area contributed by atoms with Crippen molar-refractivity contribution < 1.29 is 9.84 Å². The predicted octanol–water partition coefficient (Wildman–Crippen LogP) is 3.50. The van der Waals surface area contributed by atoms with E-state index < -0.39 is 0 Å². The van der Waals surface area contributed by atoms with Crippen molar-refractivity contribution in [1.82, 2.24) is 5.32 Å². The Morgan fingerprint density at radius 3 is 2.62 bits per heavy atom. The molecule has 2 N–H and O–H groups in total. The second kappa shape index (κ2) is 8.50. The highest BCUT2D eigenvalue weighted by Gasteiger charge is 2.28. The number of aliphatic hydroxyl groups is 1. The van der Waals surface area contributed by atoms with Crippen molar-refractivity contribution in [1.29, 1.82) is 0 Å². The Hall–Kier alpha value is -0.120. The van der Waals surface area contributed by atoms with E-state index in [4.69, 9.17) is 4.74 Å². The highest BCUT2D eigenvalue weighted by Crippen LogP contribution is 2.36. The minimum absolute atomic E-state index is 0.366. The number of hydrogen-bond acceptors (Lipinski definition) is 3. The van der Waals surface area contributed by atoms with Crippen molar-refractivity contribution in [3.05, 3.63) is 0 Å². The van der Waals surface area contributed by atoms with Gasteiger partial charge in [0.25, 0.3) is 0 Å². The molecule has 3 heteroatoms. The highest BCUT2D eigenvalue weighted by molar-refractivity contribution is 4.82. The Morgan fingerprint density at radius 2 is 1.90 bits per heavy atom. The van der Waals surface area contributed by atoms with Gasteiger partial charge < -0.3 is 15.2 Å². The van der Waals surface area contributed by atoms with Crippen molar-refractivity contribution in [2.24, 2.45) is 11.3 Å². The number of rotatable bonds is 8. The van der Waals surface area contributed by atoms with E-state index in [9.17, 15) is 5.11 Å². The molecular weight excluding hydrogens is 262 g/mol. The topological polar surface area (TPSA) is 41.5 Å². The zero-order valence-electron chi connectivity index (χ0n) is 14.1. The molecule has 0 aromatic heterocycles. The van der Waals surface area contributed by atoms with Crippen LogP contribution in [0.1, 0.15) is 71.6 Å². The molecule has 0 aliphatic heterocycles. The first-order chi connectivity index (χ1) is 10.1. The van der Waals surface area contributed by atoms with Gasteiger partial charge >= 0.3 is 0 Å². The molecule has 124 valence electrons. The zero-order valence-corrected chi connectivity index (χ0v) is 14.1. The third-order valence-corrected chi connectivity index (χ3v) is 5.61. The standard InChI is InChI=1S/C18H35NO2/c1-3-15-8-4-5-9-17(15)21-13-16(20)12-19-14-18(2)10-6-7-11-18/h15-17,19-20H,3-14H2,1-2H3. The fourth-order valence-electron chi connectivity index (χ4n) is 4.10. The van der Waals surface area contributed by atoms with Crippen LogP contribution in [0.2, 0.25) is 0 Å². The smallest absolute Gasteiger partial charge is 0.0897 e. The molecule has 0 spiro atoms. The molecule has 0 aromatic rings. The van der Waals surface area contributed by atoms with Crippen LogP contribution in [-0.4, -0.2) is 37.0 Å². The lowest BCUT2D eigenvalue weighted by Crippen LogP contribution is -2.38. The van der Waals surface area contributed by atoms with Crippen LogP contribution in [0.25, 0.3) is 0 Å². The number of ether oxygens (including phenoxy) is 1. The fourth-order valence-corrected chi connectivity index (χ4v) is 4.10. The fraction of sp³-hybridized carbons (Fsp3) is 1.00. The maximum atomic E-state index is 10.1. The summed E-state index contributed by atoms with van der Waals surface area (Å²) in [5.74, 6) is 0.705. The van der Waals surface area contributed by atoms with E-state index in [1.165, 1.54) is 57.8 Å². The largest absolute Gasteiger partial charge is 0.389 e. The summed E-state index contributed by atoms with van der Waals surface area (Å²) in [6.07, 6.45) is 11.7. The van der Waals surface area contributed by atoms with Gasteiger partial charge in [0.2, 0.25) is 0 Å². The van der Waals surface area contributed by atoms with Crippen LogP contribution in [0.4, 0.5) is 0 Å². The Labute approximate surface area is 130 Å². The monoisotopic (exact) mass is 297 g/mol. The number of hydrogen-bond donors (Lipinski definition) is 2.